The SMILES string of the molecule is CC(C)(O)CNc1nc(NCc2ccc(-c3ccc(C(=O)OC(C)(C)CCNc4nc(NCc5ccc(-c6cccs6)cc5)c5ncn(C6CCCC6)c5n4)cc3)nc2)c2ncn(C3CCCC3)c2n1. The Labute approximate surface area is 411 Å². The van der Waals surface area contributed by atoms with E-state index in [-0.39, 0.29) is 0 Å². The quantitative estimate of drug-likeness (QED) is 0.0480. The number of pyridine rings is 1. The van der Waals surface area contributed by atoms with Gasteiger partial charge < -0.3 is 40.2 Å². The van der Waals surface area contributed by atoms with Gasteiger partial charge in [-0.1, -0.05) is 74.2 Å². The van der Waals surface area contributed by atoms with Crippen molar-refractivity contribution >= 4 is 63.2 Å². The molecule has 0 aliphatic heterocycles. The first kappa shape index (κ1) is 46.7. The van der Waals surface area contributed by atoms with E-state index in [2.05, 4.69) is 72.2 Å². The second-order valence-electron chi connectivity index (χ2n) is 19.8. The maximum Gasteiger partial charge on any atom is 0.338 e. The zero-order valence-corrected chi connectivity index (χ0v) is 41.1. The first-order chi connectivity index (χ1) is 33.9. The molecule has 2 aliphatic rings. The number of carbonyl (C=O) groups excluding carboxylic acids is 1. The van der Waals surface area contributed by atoms with Gasteiger partial charge in [-0.15, -0.1) is 11.3 Å². The van der Waals surface area contributed by atoms with E-state index in [4.69, 9.17) is 39.6 Å². The lowest BCUT2D eigenvalue weighted by Gasteiger charge is -2.25. The van der Waals surface area contributed by atoms with Crippen molar-refractivity contribution in [2.75, 3.05) is 34.4 Å². The molecule has 2 aromatic carbocycles. The Morgan fingerprint density at radius 2 is 1.26 bits per heavy atom. The topological polar surface area (TPSA) is 195 Å². The summed E-state index contributed by atoms with van der Waals surface area (Å²) in [6.45, 7) is 9.17. The van der Waals surface area contributed by atoms with Gasteiger partial charge in [0.1, 0.15) is 5.60 Å². The molecule has 10 rings (SSSR count). The van der Waals surface area contributed by atoms with E-state index in [0.29, 0.717) is 79.3 Å². The minimum Gasteiger partial charge on any atom is -0.456 e. The van der Waals surface area contributed by atoms with E-state index in [1.807, 2.05) is 57.0 Å². The molecular weight excluding hydrogens is 899 g/mol. The number of hydrogen-bond donors (Lipinski definition) is 5. The van der Waals surface area contributed by atoms with Crippen LogP contribution in [-0.4, -0.2) is 79.4 Å². The number of thiophene rings is 1. The number of hydrogen-bond acceptors (Lipinski definition) is 15. The van der Waals surface area contributed by atoms with Crippen molar-refractivity contribution in [3.8, 4) is 21.7 Å². The zero-order chi connectivity index (χ0) is 48.2. The molecule has 2 aliphatic carbocycles. The molecule has 6 heterocycles. The molecule has 362 valence electrons. The summed E-state index contributed by atoms with van der Waals surface area (Å²) in [6.07, 6.45) is 15.3. The highest BCUT2D eigenvalue weighted by molar-refractivity contribution is 7.13. The van der Waals surface area contributed by atoms with Crippen molar-refractivity contribution in [2.24, 2.45) is 0 Å². The van der Waals surface area contributed by atoms with Gasteiger partial charge in [-0.2, -0.15) is 19.9 Å². The Kier molecular flexibility index (Phi) is 13.5. The Morgan fingerprint density at radius 1 is 0.686 bits per heavy atom. The molecule has 8 aromatic rings. The summed E-state index contributed by atoms with van der Waals surface area (Å²) < 4.78 is 10.4. The summed E-state index contributed by atoms with van der Waals surface area (Å²) in [7, 11) is 0. The molecule has 2 fully saturated rings. The summed E-state index contributed by atoms with van der Waals surface area (Å²) >= 11 is 1.73. The third-order valence-electron chi connectivity index (χ3n) is 13.3. The first-order valence-electron chi connectivity index (χ1n) is 24.5. The summed E-state index contributed by atoms with van der Waals surface area (Å²) in [6, 6.07) is 24.9. The van der Waals surface area contributed by atoms with Crippen LogP contribution in [0, 0.1) is 0 Å². The summed E-state index contributed by atoms with van der Waals surface area (Å²) in [4.78, 5) is 48.4. The van der Waals surface area contributed by atoms with Crippen LogP contribution < -0.4 is 21.3 Å². The van der Waals surface area contributed by atoms with Gasteiger partial charge >= 0.3 is 5.97 Å². The number of aliphatic hydroxyl groups is 1. The average Bonchev–Trinajstić information content (AvgIpc) is 4.22. The van der Waals surface area contributed by atoms with Crippen LogP contribution in [0.3, 0.4) is 0 Å². The van der Waals surface area contributed by atoms with Crippen molar-refractivity contribution in [3.05, 3.63) is 114 Å². The number of imidazole rings is 2. The van der Waals surface area contributed by atoms with Crippen molar-refractivity contribution in [1.82, 2.24) is 44.0 Å². The molecule has 0 radical (unpaired) electrons. The van der Waals surface area contributed by atoms with Crippen LogP contribution in [0.2, 0.25) is 0 Å². The predicted molar refractivity (Wildman–Crippen MR) is 277 cm³/mol. The number of fused-ring (bicyclic) bond motifs is 2. The molecule has 0 spiro atoms. The molecule has 0 amide bonds. The first-order valence-corrected chi connectivity index (χ1v) is 25.4. The number of nitrogens with one attached hydrogen (secondary N) is 4. The number of esters is 1. The summed E-state index contributed by atoms with van der Waals surface area (Å²) in [5.41, 5.74) is 6.77. The van der Waals surface area contributed by atoms with Crippen LogP contribution in [-0.2, 0) is 17.8 Å². The molecule has 16 nitrogen and oxygen atoms in total. The minimum absolute atomic E-state index is 0.301. The van der Waals surface area contributed by atoms with E-state index >= 15 is 0 Å². The maximum atomic E-state index is 13.5. The van der Waals surface area contributed by atoms with Gasteiger partial charge in [0.2, 0.25) is 11.9 Å². The Hall–Kier alpha value is -6.98. The van der Waals surface area contributed by atoms with E-state index in [1.54, 1.807) is 37.3 Å². The Balaban J connectivity index is 0.749. The van der Waals surface area contributed by atoms with Crippen molar-refractivity contribution < 1.29 is 14.6 Å². The largest absolute Gasteiger partial charge is 0.456 e. The lowest BCUT2D eigenvalue weighted by Crippen LogP contribution is -2.30. The molecule has 70 heavy (non-hydrogen) atoms. The molecule has 0 atom stereocenters. The van der Waals surface area contributed by atoms with Crippen molar-refractivity contribution in [1.29, 1.82) is 0 Å². The van der Waals surface area contributed by atoms with E-state index in [9.17, 15) is 9.90 Å². The van der Waals surface area contributed by atoms with Crippen LogP contribution in [0.1, 0.15) is 119 Å². The Morgan fingerprint density at radius 3 is 1.81 bits per heavy atom. The fourth-order valence-corrected chi connectivity index (χ4v) is 10.1. The molecule has 0 unspecified atom stereocenters. The van der Waals surface area contributed by atoms with Gasteiger partial charge in [-0.25, -0.2) is 14.8 Å². The monoisotopic (exact) mass is 959 g/mol. The molecule has 17 heteroatoms. The van der Waals surface area contributed by atoms with E-state index < -0.39 is 17.2 Å². The standard InChI is InChI=1S/C53H61N13O3S/c1-52(2,68)31-58-51-62-46(44-48(64-51)66(33-60-44)40-12-7-8-13-40)57-30-35-17-24-41(55-29-35)36-20-22-38(23-21-36)49(67)69-53(3,4)25-26-54-50-61-45(43-47(63-50)65(32-59-43)39-10-5-6-11-39)56-28-34-15-18-37(19-16-34)42-14-9-27-70-42/h9,14-24,27,29,32-33,39-40,68H,5-8,10-13,25-26,28,30-31H2,1-4H3,(H2,54,56,61,63)(H2,57,58,62,64). The summed E-state index contributed by atoms with van der Waals surface area (Å²) in [5.74, 6) is 1.83. The van der Waals surface area contributed by atoms with Gasteiger partial charge in [0, 0.05) is 61.3 Å². The van der Waals surface area contributed by atoms with Gasteiger partial charge in [0.05, 0.1) is 29.5 Å². The highest BCUT2D eigenvalue weighted by Crippen LogP contribution is 2.35. The Bertz CT molecular complexity index is 3040. The second-order valence-corrected chi connectivity index (χ2v) is 20.8. The number of benzene rings is 2. The van der Waals surface area contributed by atoms with E-state index in [1.165, 1.54) is 36.1 Å². The summed E-state index contributed by atoms with van der Waals surface area (Å²) in [5, 5.41) is 26.1. The number of nitrogens with zero attached hydrogens (tertiary/aromatic N) is 9. The van der Waals surface area contributed by atoms with Gasteiger partial charge in [0.25, 0.3) is 0 Å². The van der Waals surface area contributed by atoms with Gasteiger partial charge in [0.15, 0.2) is 34.0 Å². The molecular formula is C53H61N13O3S. The number of anilines is 4. The van der Waals surface area contributed by atoms with Crippen molar-refractivity contribution in [3.63, 3.8) is 0 Å². The normalized spacial score (nSPS) is 14.7. The number of rotatable bonds is 19. The number of carbonyl (C=O) groups is 1. The van der Waals surface area contributed by atoms with Crippen LogP contribution in [0.15, 0.2) is 97.0 Å². The smallest absolute Gasteiger partial charge is 0.338 e. The molecule has 2 saturated carbocycles. The van der Waals surface area contributed by atoms with Crippen LogP contribution in [0.4, 0.5) is 23.5 Å². The zero-order valence-electron chi connectivity index (χ0n) is 40.3. The lowest BCUT2D eigenvalue weighted by atomic mass is 10.0. The van der Waals surface area contributed by atoms with Gasteiger partial charge in [-0.3, -0.25) is 4.98 Å². The fraction of sp³-hybridized carbons (Fsp3) is 0.396. The molecule has 6 aromatic heterocycles. The predicted octanol–water partition coefficient (Wildman–Crippen LogP) is 10.8. The minimum atomic E-state index is -0.928. The van der Waals surface area contributed by atoms with Crippen molar-refractivity contribution in [2.45, 2.75) is 122 Å². The number of ether oxygens (including phenoxy) is 1. The van der Waals surface area contributed by atoms with Crippen LogP contribution in [0.5, 0.6) is 0 Å². The molecule has 0 saturated heterocycles. The third-order valence-corrected chi connectivity index (χ3v) is 14.2. The lowest BCUT2D eigenvalue weighted by molar-refractivity contribution is -0.00299. The number of aromatic nitrogens is 9. The average molecular weight is 960 g/mol. The second kappa shape index (κ2) is 20.2. The molecule has 5 N–H and O–H groups in total. The van der Waals surface area contributed by atoms with Gasteiger partial charge in [-0.05, 0) is 99.7 Å². The van der Waals surface area contributed by atoms with Crippen LogP contribution in [0.25, 0.3) is 44.0 Å². The van der Waals surface area contributed by atoms with E-state index in [0.717, 1.165) is 64.9 Å². The van der Waals surface area contributed by atoms with Crippen LogP contribution >= 0.6 is 11.3 Å². The molecule has 0 bridgehead atoms. The fourth-order valence-electron chi connectivity index (χ4n) is 9.35. The highest BCUT2D eigenvalue weighted by Gasteiger charge is 2.26. The third kappa shape index (κ3) is 10.9. The maximum absolute atomic E-state index is 13.5. The highest BCUT2D eigenvalue weighted by atomic mass is 32.1.